The predicted octanol–water partition coefficient (Wildman–Crippen LogP) is 4.89. The molecule has 124 valence electrons. The van der Waals surface area contributed by atoms with Gasteiger partial charge in [-0.15, -0.1) is 0 Å². The number of benzene rings is 2. The summed E-state index contributed by atoms with van der Waals surface area (Å²) in [5, 5.41) is 12.7. The minimum Gasteiger partial charge on any atom is -0.508 e. The Hall–Kier alpha value is -1.53. The Bertz CT molecular complexity index is 673. The first kappa shape index (κ1) is 17.8. The zero-order valence-corrected chi connectivity index (χ0v) is 14.1. The number of phenolic OH excluding ortho intramolecular Hbond substituents is 1. The van der Waals surface area contributed by atoms with Crippen LogP contribution in [0.3, 0.4) is 0 Å². The number of alkyl halides is 3. The maximum Gasteiger partial charge on any atom is 0.416 e. The summed E-state index contributed by atoms with van der Waals surface area (Å²) in [6.07, 6.45) is -4.07. The van der Waals surface area contributed by atoms with Gasteiger partial charge in [0.25, 0.3) is 0 Å². The average Bonchev–Trinajstić information content (AvgIpc) is 2.47. The quantitative estimate of drug-likeness (QED) is 0.764. The number of nitrogens with one attached hydrogen (secondary N) is 1. The molecule has 1 unspecified atom stereocenters. The molecular weight excluding hydrogens is 371 g/mol. The Morgan fingerprint density at radius 3 is 2.52 bits per heavy atom. The summed E-state index contributed by atoms with van der Waals surface area (Å²) in [6, 6.07) is 10.4. The van der Waals surface area contributed by atoms with E-state index < -0.39 is 11.7 Å². The minimum atomic E-state index is -4.34. The predicted molar refractivity (Wildman–Crippen MR) is 87.3 cm³/mol. The van der Waals surface area contributed by atoms with Gasteiger partial charge in [0.05, 0.1) is 5.56 Å². The lowest BCUT2D eigenvalue weighted by Crippen LogP contribution is -2.28. The van der Waals surface area contributed by atoms with E-state index in [9.17, 15) is 18.3 Å². The number of rotatable bonds is 5. The molecule has 2 rings (SSSR count). The Kier molecular flexibility index (Phi) is 5.70. The molecule has 2 aromatic rings. The zero-order chi connectivity index (χ0) is 17.0. The van der Waals surface area contributed by atoms with E-state index in [1.54, 1.807) is 24.3 Å². The molecule has 0 radical (unpaired) electrons. The van der Waals surface area contributed by atoms with Crippen LogP contribution in [0.4, 0.5) is 13.2 Å². The van der Waals surface area contributed by atoms with Crippen molar-refractivity contribution in [2.45, 2.75) is 32.1 Å². The topological polar surface area (TPSA) is 32.3 Å². The van der Waals surface area contributed by atoms with E-state index in [1.807, 2.05) is 6.92 Å². The lowest BCUT2D eigenvalue weighted by Gasteiger charge is -2.18. The molecule has 0 spiro atoms. The van der Waals surface area contributed by atoms with Gasteiger partial charge in [0.15, 0.2) is 0 Å². The van der Waals surface area contributed by atoms with E-state index in [0.717, 1.165) is 16.1 Å². The van der Waals surface area contributed by atoms with Crippen LogP contribution in [0.15, 0.2) is 46.9 Å². The summed E-state index contributed by atoms with van der Waals surface area (Å²) in [5.74, 6) is 0.153. The van der Waals surface area contributed by atoms with Gasteiger partial charge in [-0.3, -0.25) is 0 Å². The fourth-order valence-corrected chi connectivity index (χ4v) is 2.74. The first-order chi connectivity index (χ1) is 10.8. The average molecular weight is 388 g/mol. The molecule has 0 aromatic heterocycles. The SMILES string of the molecule is CC(Cc1ccccc1C(F)(F)F)NCc1cc(O)ccc1Br. The molecule has 0 saturated carbocycles. The number of aromatic hydroxyl groups is 1. The lowest BCUT2D eigenvalue weighted by atomic mass is 10.0. The summed E-state index contributed by atoms with van der Waals surface area (Å²) in [7, 11) is 0. The van der Waals surface area contributed by atoms with Crippen LogP contribution in [0.5, 0.6) is 5.75 Å². The molecule has 23 heavy (non-hydrogen) atoms. The second-order valence-electron chi connectivity index (χ2n) is 5.42. The molecule has 2 N–H and O–H groups in total. The molecule has 0 aliphatic carbocycles. The van der Waals surface area contributed by atoms with Crippen molar-refractivity contribution in [1.29, 1.82) is 0 Å². The van der Waals surface area contributed by atoms with Gasteiger partial charge in [0.1, 0.15) is 5.75 Å². The molecule has 0 fully saturated rings. The van der Waals surface area contributed by atoms with E-state index in [0.29, 0.717) is 6.54 Å². The van der Waals surface area contributed by atoms with Crippen LogP contribution >= 0.6 is 15.9 Å². The number of hydrogen-bond acceptors (Lipinski definition) is 2. The van der Waals surface area contributed by atoms with Crippen molar-refractivity contribution in [2.24, 2.45) is 0 Å². The molecule has 0 heterocycles. The molecule has 6 heteroatoms. The van der Waals surface area contributed by atoms with Gasteiger partial charge in [0.2, 0.25) is 0 Å². The Balaban J connectivity index is 2.03. The molecule has 0 aliphatic heterocycles. The molecule has 2 nitrogen and oxygen atoms in total. The summed E-state index contributed by atoms with van der Waals surface area (Å²) >= 11 is 3.39. The minimum absolute atomic E-state index is 0.146. The van der Waals surface area contributed by atoms with Crippen molar-refractivity contribution in [1.82, 2.24) is 5.32 Å². The van der Waals surface area contributed by atoms with Crippen LogP contribution in [0.2, 0.25) is 0 Å². The molecule has 1 atom stereocenters. The van der Waals surface area contributed by atoms with E-state index in [1.165, 1.54) is 12.1 Å². The third-order valence-electron chi connectivity index (χ3n) is 3.52. The highest BCUT2D eigenvalue weighted by molar-refractivity contribution is 9.10. The van der Waals surface area contributed by atoms with Gasteiger partial charge >= 0.3 is 6.18 Å². The first-order valence-corrected chi connectivity index (χ1v) is 7.92. The van der Waals surface area contributed by atoms with Crippen LogP contribution in [-0.2, 0) is 19.1 Å². The van der Waals surface area contributed by atoms with E-state index in [2.05, 4.69) is 21.2 Å². The maximum absolute atomic E-state index is 13.0. The third kappa shape index (κ3) is 4.97. The van der Waals surface area contributed by atoms with Crippen molar-refractivity contribution >= 4 is 15.9 Å². The second kappa shape index (κ2) is 7.36. The molecule has 0 saturated heterocycles. The van der Waals surface area contributed by atoms with E-state index in [-0.39, 0.29) is 23.8 Å². The van der Waals surface area contributed by atoms with Crippen molar-refractivity contribution in [3.05, 3.63) is 63.6 Å². The van der Waals surface area contributed by atoms with Gasteiger partial charge in [-0.25, -0.2) is 0 Å². The van der Waals surface area contributed by atoms with Crippen LogP contribution < -0.4 is 5.32 Å². The molecule has 0 amide bonds. The Morgan fingerprint density at radius 2 is 1.83 bits per heavy atom. The standard InChI is InChI=1S/C17H17BrF3NO/c1-11(22-10-13-9-14(23)6-7-16(13)18)8-12-4-2-3-5-15(12)17(19,20)21/h2-7,9,11,22-23H,8,10H2,1H3. The smallest absolute Gasteiger partial charge is 0.416 e. The first-order valence-electron chi connectivity index (χ1n) is 7.13. The second-order valence-corrected chi connectivity index (χ2v) is 6.27. The Labute approximate surface area is 141 Å². The van der Waals surface area contributed by atoms with Gasteiger partial charge in [-0.05, 0) is 48.7 Å². The summed E-state index contributed by atoms with van der Waals surface area (Å²) < 4.78 is 39.8. The monoisotopic (exact) mass is 387 g/mol. The van der Waals surface area contributed by atoms with Crippen molar-refractivity contribution < 1.29 is 18.3 Å². The van der Waals surface area contributed by atoms with Crippen LogP contribution in [-0.4, -0.2) is 11.1 Å². The molecular formula is C17H17BrF3NO. The lowest BCUT2D eigenvalue weighted by molar-refractivity contribution is -0.138. The van der Waals surface area contributed by atoms with Gasteiger partial charge in [0, 0.05) is 17.1 Å². The van der Waals surface area contributed by atoms with Crippen LogP contribution in [0.25, 0.3) is 0 Å². The third-order valence-corrected chi connectivity index (χ3v) is 4.29. The Morgan fingerprint density at radius 1 is 1.13 bits per heavy atom. The largest absolute Gasteiger partial charge is 0.508 e. The highest BCUT2D eigenvalue weighted by Crippen LogP contribution is 2.32. The van der Waals surface area contributed by atoms with Crippen molar-refractivity contribution in [2.75, 3.05) is 0 Å². The number of halogens is 4. The van der Waals surface area contributed by atoms with Gasteiger partial charge in [-0.2, -0.15) is 13.2 Å². The molecule has 0 bridgehead atoms. The van der Waals surface area contributed by atoms with Crippen molar-refractivity contribution in [3.8, 4) is 5.75 Å². The normalized spacial score (nSPS) is 13.1. The fourth-order valence-electron chi connectivity index (χ4n) is 2.36. The zero-order valence-electron chi connectivity index (χ0n) is 12.5. The van der Waals surface area contributed by atoms with Gasteiger partial charge < -0.3 is 10.4 Å². The fraction of sp³-hybridized carbons (Fsp3) is 0.294. The summed E-state index contributed by atoms with van der Waals surface area (Å²) in [5.41, 5.74) is 0.531. The van der Waals surface area contributed by atoms with Crippen molar-refractivity contribution in [3.63, 3.8) is 0 Å². The maximum atomic E-state index is 13.0. The number of phenols is 1. The summed E-state index contributed by atoms with van der Waals surface area (Å²) in [6.45, 7) is 2.29. The van der Waals surface area contributed by atoms with Crippen LogP contribution in [0, 0.1) is 0 Å². The van der Waals surface area contributed by atoms with Gasteiger partial charge in [-0.1, -0.05) is 34.1 Å². The van der Waals surface area contributed by atoms with E-state index >= 15 is 0 Å². The molecule has 2 aromatic carbocycles. The highest BCUT2D eigenvalue weighted by atomic mass is 79.9. The number of hydrogen-bond donors (Lipinski definition) is 2. The van der Waals surface area contributed by atoms with Crippen LogP contribution in [0.1, 0.15) is 23.6 Å². The molecule has 0 aliphatic rings. The van der Waals surface area contributed by atoms with E-state index in [4.69, 9.17) is 0 Å². The highest BCUT2D eigenvalue weighted by Gasteiger charge is 2.32. The summed E-state index contributed by atoms with van der Waals surface area (Å²) in [4.78, 5) is 0.